The Kier molecular flexibility index (Phi) is 5.02. The van der Waals surface area contributed by atoms with E-state index in [9.17, 15) is 4.79 Å². The Morgan fingerprint density at radius 2 is 1.60 bits per heavy atom. The van der Waals surface area contributed by atoms with E-state index in [0.29, 0.717) is 12.2 Å². The summed E-state index contributed by atoms with van der Waals surface area (Å²) in [7, 11) is 0. The molecule has 0 heterocycles. The molecule has 2 heteroatoms. The maximum absolute atomic E-state index is 12.1. The van der Waals surface area contributed by atoms with Gasteiger partial charge in [0.25, 0.3) is 0 Å². The zero-order valence-electron chi connectivity index (χ0n) is 12.3. The lowest BCUT2D eigenvalue weighted by molar-refractivity contribution is -0.116. The fourth-order valence-electron chi connectivity index (χ4n) is 2.05. The number of aryl methyl sites for hydroxylation is 3. The summed E-state index contributed by atoms with van der Waals surface area (Å²) < 4.78 is 0. The number of hydrogen-bond acceptors (Lipinski definition) is 2. The number of carbonyl (C=O) groups is 1. The van der Waals surface area contributed by atoms with Crippen LogP contribution in [0.5, 0.6) is 0 Å². The van der Waals surface area contributed by atoms with E-state index in [-0.39, 0.29) is 5.78 Å². The van der Waals surface area contributed by atoms with E-state index in [4.69, 9.17) is 0 Å². The average Bonchev–Trinajstić information content (AvgIpc) is 2.42. The van der Waals surface area contributed by atoms with Crippen LogP contribution in [0.2, 0.25) is 0 Å². The Morgan fingerprint density at radius 1 is 0.950 bits per heavy atom. The predicted molar refractivity (Wildman–Crippen MR) is 86.5 cm³/mol. The second kappa shape index (κ2) is 6.76. The smallest absolute Gasteiger partial charge is 0.147 e. The monoisotopic (exact) mass is 284 g/mol. The van der Waals surface area contributed by atoms with Gasteiger partial charge in [-0.3, -0.25) is 4.79 Å². The zero-order chi connectivity index (χ0) is 14.5. The molecule has 2 aromatic rings. The fourth-order valence-corrected chi connectivity index (χ4v) is 2.81. The van der Waals surface area contributed by atoms with Crippen LogP contribution < -0.4 is 0 Å². The molecular formula is C18H20OS. The molecule has 2 rings (SSSR count). The predicted octanol–water partition coefficient (Wildman–Crippen LogP) is 4.52. The first-order valence-corrected chi connectivity index (χ1v) is 7.80. The maximum Gasteiger partial charge on any atom is 0.147 e. The van der Waals surface area contributed by atoms with Gasteiger partial charge < -0.3 is 0 Å². The van der Waals surface area contributed by atoms with E-state index in [1.807, 2.05) is 0 Å². The highest BCUT2D eigenvalue weighted by Crippen LogP contribution is 2.19. The molecule has 0 saturated heterocycles. The lowest BCUT2D eigenvalue weighted by Crippen LogP contribution is -2.07. The first kappa shape index (κ1) is 14.9. The van der Waals surface area contributed by atoms with Gasteiger partial charge in [0.05, 0.1) is 5.75 Å². The minimum absolute atomic E-state index is 0.282. The summed E-state index contributed by atoms with van der Waals surface area (Å²) in [5, 5.41) is 0. The van der Waals surface area contributed by atoms with E-state index in [0.717, 1.165) is 10.5 Å². The highest BCUT2D eigenvalue weighted by Gasteiger charge is 2.07. The highest BCUT2D eigenvalue weighted by atomic mass is 32.2. The average molecular weight is 284 g/mol. The molecule has 0 aliphatic carbocycles. The van der Waals surface area contributed by atoms with Crippen molar-refractivity contribution in [3.63, 3.8) is 0 Å². The van der Waals surface area contributed by atoms with E-state index in [1.54, 1.807) is 11.8 Å². The van der Waals surface area contributed by atoms with Gasteiger partial charge in [-0.15, -0.1) is 11.8 Å². The number of ketones is 1. The standard InChI is InChI=1S/C18H20OS/c1-13-5-8-18(9-6-13)20-12-17(19)11-16-10-14(2)4-7-15(16)3/h4-10H,11-12H2,1-3H3. The first-order valence-electron chi connectivity index (χ1n) is 6.82. The third kappa shape index (κ3) is 4.24. The van der Waals surface area contributed by atoms with Crippen LogP contribution in [0.25, 0.3) is 0 Å². The molecule has 0 aromatic heterocycles. The van der Waals surface area contributed by atoms with Gasteiger partial charge in [-0.2, -0.15) is 0 Å². The van der Waals surface area contributed by atoms with Crippen molar-refractivity contribution in [1.29, 1.82) is 0 Å². The largest absolute Gasteiger partial charge is 0.298 e. The number of benzene rings is 2. The van der Waals surface area contributed by atoms with Gasteiger partial charge in [0.15, 0.2) is 0 Å². The summed E-state index contributed by atoms with van der Waals surface area (Å²) in [6.07, 6.45) is 0.534. The quantitative estimate of drug-likeness (QED) is 0.751. The van der Waals surface area contributed by atoms with E-state index >= 15 is 0 Å². The molecule has 2 aromatic carbocycles. The maximum atomic E-state index is 12.1. The van der Waals surface area contributed by atoms with Gasteiger partial charge in [-0.25, -0.2) is 0 Å². The van der Waals surface area contributed by atoms with Crippen LogP contribution in [-0.2, 0) is 11.2 Å². The lowest BCUT2D eigenvalue weighted by Gasteiger charge is -2.07. The summed E-state index contributed by atoms with van der Waals surface area (Å²) in [5.74, 6) is 0.820. The molecule has 104 valence electrons. The number of rotatable bonds is 5. The minimum atomic E-state index is 0.282. The minimum Gasteiger partial charge on any atom is -0.298 e. The van der Waals surface area contributed by atoms with Gasteiger partial charge in [-0.1, -0.05) is 41.5 Å². The zero-order valence-corrected chi connectivity index (χ0v) is 13.1. The third-order valence-electron chi connectivity index (χ3n) is 3.31. The van der Waals surface area contributed by atoms with Gasteiger partial charge in [0.1, 0.15) is 5.78 Å². The molecule has 0 unspecified atom stereocenters. The van der Waals surface area contributed by atoms with Crippen LogP contribution in [0, 0.1) is 20.8 Å². The molecule has 0 aliphatic rings. The summed E-state index contributed by atoms with van der Waals surface area (Å²) in [6, 6.07) is 14.6. The Morgan fingerprint density at radius 3 is 2.30 bits per heavy atom. The van der Waals surface area contributed by atoms with Crippen molar-refractivity contribution in [1.82, 2.24) is 0 Å². The second-order valence-corrected chi connectivity index (χ2v) is 6.30. The van der Waals surface area contributed by atoms with E-state index < -0.39 is 0 Å². The molecule has 0 bridgehead atoms. The van der Waals surface area contributed by atoms with Gasteiger partial charge >= 0.3 is 0 Å². The molecular weight excluding hydrogens is 264 g/mol. The summed E-state index contributed by atoms with van der Waals surface area (Å²) in [4.78, 5) is 13.3. The Bertz CT molecular complexity index is 599. The van der Waals surface area contributed by atoms with Crippen molar-refractivity contribution in [2.75, 3.05) is 5.75 Å². The van der Waals surface area contributed by atoms with Crippen LogP contribution in [0.3, 0.4) is 0 Å². The fraction of sp³-hybridized carbons (Fsp3) is 0.278. The molecule has 0 fully saturated rings. The van der Waals surface area contributed by atoms with E-state index in [2.05, 4.69) is 63.2 Å². The number of Topliss-reactive ketones (excluding diaryl/α,β-unsaturated/α-hetero) is 1. The van der Waals surface area contributed by atoms with Crippen molar-refractivity contribution in [2.24, 2.45) is 0 Å². The topological polar surface area (TPSA) is 17.1 Å². The molecule has 0 radical (unpaired) electrons. The molecule has 0 amide bonds. The third-order valence-corrected chi connectivity index (χ3v) is 4.38. The van der Waals surface area contributed by atoms with Crippen LogP contribution in [-0.4, -0.2) is 11.5 Å². The normalized spacial score (nSPS) is 10.6. The number of carbonyl (C=O) groups excluding carboxylic acids is 1. The summed E-state index contributed by atoms with van der Waals surface area (Å²) in [6.45, 7) is 6.20. The van der Waals surface area contributed by atoms with Crippen molar-refractivity contribution in [3.05, 3.63) is 64.7 Å². The van der Waals surface area contributed by atoms with Gasteiger partial charge in [0.2, 0.25) is 0 Å². The molecule has 0 saturated carbocycles. The SMILES string of the molecule is Cc1ccc(SCC(=O)Cc2cc(C)ccc2C)cc1. The van der Waals surface area contributed by atoms with Gasteiger partial charge in [0, 0.05) is 11.3 Å². The Hall–Kier alpha value is -1.54. The van der Waals surface area contributed by atoms with E-state index in [1.165, 1.54) is 16.7 Å². The molecule has 0 N–H and O–H groups in total. The Balaban J connectivity index is 1.92. The molecule has 20 heavy (non-hydrogen) atoms. The summed E-state index contributed by atoms with van der Waals surface area (Å²) in [5.41, 5.74) is 4.81. The molecule has 0 spiro atoms. The van der Waals surface area contributed by atoms with Crippen LogP contribution in [0.15, 0.2) is 47.4 Å². The first-order chi connectivity index (χ1) is 9.54. The number of thioether (sulfide) groups is 1. The van der Waals surface area contributed by atoms with Gasteiger partial charge in [-0.05, 0) is 44.0 Å². The van der Waals surface area contributed by atoms with Crippen molar-refractivity contribution in [2.45, 2.75) is 32.1 Å². The number of hydrogen-bond donors (Lipinski definition) is 0. The van der Waals surface area contributed by atoms with Crippen molar-refractivity contribution >= 4 is 17.5 Å². The summed E-state index contributed by atoms with van der Waals surface area (Å²) >= 11 is 1.62. The van der Waals surface area contributed by atoms with Crippen molar-refractivity contribution < 1.29 is 4.79 Å². The Labute approximate surface area is 125 Å². The van der Waals surface area contributed by atoms with Crippen molar-refractivity contribution in [3.8, 4) is 0 Å². The van der Waals surface area contributed by atoms with Crippen LogP contribution in [0.1, 0.15) is 22.3 Å². The molecule has 0 aliphatic heterocycles. The van der Waals surface area contributed by atoms with Crippen LogP contribution in [0.4, 0.5) is 0 Å². The highest BCUT2D eigenvalue weighted by molar-refractivity contribution is 8.00. The second-order valence-electron chi connectivity index (χ2n) is 5.25. The molecule has 1 nitrogen and oxygen atoms in total. The molecule has 0 atom stereocenters. The van der Waals surface area contributed by atoms with Crippen LogP contribution >= 0.6 is 11.8 Å². The lowest BCUT2D eigenvalue weighted by atomic mass is 10.0.